The van der Waals surface area contributed by atoms with Crippen LogP contribution in [0.2, 0.25) is 0 Å². The van der Waals surface area contributed by atoms with Gasteiger partial charge in [0.25, 0.3) is 0 Å². The van der Waals surface area contributed by atoms with Crippen LogP contribution in [-0.4, -0.2) is 17.9 Å². The Hall–Kier alpha value is -1.42. The van der Waals surface area contributed by atoms with Gasteiger partial charge in [-0.3, -0.25) is 9.78 Å². The van der Waals surface area contributed by atoms with E-state index in [9.17, 15) is 4.79 Å². The average Bonchev–Trinajstić information content (AvgIpc) is 3.30. The highest BCUT2D eigenvalue weighted by molar-refractivity contribution is 5.80. The molecule has 0 spiro atoms. The minimum absolute atomic E-state index is 0.121. The van der Waals surface area contributed by atoms with Crippen LogP contribution >= 0.6 is 0 Å². The van der Waals surface area contributed by atoms with Crippen LogP contribution in [0.1, 0.15) is 36.9 Å². The lowest BCUT2D eigenvalue weighted by Gasteiger charge is -2.13. The smallest absolute Gasteiger partial charge is 0.223 e. The van der Waals surface area contributed by atoms with Crippen LogP contribution in [0.4, 0.5) is 0 Å². The molecule has 2 fully saturated rings. The molecule has 4 nitrogen and oxygen atoms in total. The van der Waals surface area contributed by atoms with Gasteiger partial charge in [0.15, 0.2) is 0 Å². The van der Waals surface area contributed by atoms with Crippen LogP contribution in [0.25, 0.3) is 0 Å². The van der Waals surface area contributed by atoms with Gasteiger partial charge in [-0.1, -0.05) is 6.07 Å². The van der Waals surface area contributed by atoms with Crippen molar-refractivity contribution in [2.24, 2.45) is 5.92 Å². The molecule has 2 saturated carbocycles. The van der Waals surface area contributed by atoms with Crippen LogP contribution in [0.3, 0.4) is 0 Å². The summed E-state index contributed by atoms with van der Waals surface area (Å²) >= 11 is 0. The second-order valence-electron chi connectivity index (χ2n) is 5.38. The van der Waals surface area contributed by atoms with E-state index < -0.39 is 0 Å². The molecular formula is C14H19N3O. The summed E-state index contributed by atoms with van der Waals surface area (Å²) in [6.45, 7) is 0.592. The van der Waals surface area contributed by atoms with Gasteiger partial charge in [0, 0.05) is 18.7 Å². The highest BCUT2D eigenvalue weighted by atomic mass is 16.2. The molecule has 2 aliphatic carbocycles. The van der Waals surface area contributed by atoms with Crippen LogP contribution in [-0.2, 0) is 16.9 Å². The van der Waals surface area contributed by atoms with E-state index >= 15 is 0 Å². The van der Waals surface area contributed by atoms with Crippen LogP contribution in [0.15, 0.2) is 18.3 Å². The molecule has 0 unspecified atom stereocenters. The zero-order chi connectivity index (χ0) is 12.6. The van der Waals surface area contributed by atoms with Gasteiger partial charge in [0.1, 0.15) is 0 Å². The largest absolute Gasteiger partial charge is 0.352 e. The Morgan fingerprint density at radius 2 is 2.22 bits per heavy atom. The van der Waals surface area contributed by atoms with Gasteiger partial charge in [-0.15, -0.1) is 0 Å². The Morgan fingerprint density at radius 1 is 1.44 bits per heavy atom. The molecule has 1 heterocycles. The van der Waals surface area contributed by atoms with E-state index in [1.165, 1.54) is 0 Å². The number of pyridine rings is 1. The second-order valence-corrected chi connectivity index (χ2v) is 5.38. The number of nitrogens with one attached hydrogen (secondary N) is 2. The van der Waals surface area contributed by atoms with E-state index in [2.05, 4.69) is 27.8 Å². The number of aromatic nitrogens is 1. The van der Waals surface area contributed by atoms with Gasteiger partial charge >= 0.3 is 0 Å². The molecule has 0 bridgehead atoms. The van der Waals surface area contributed by atoms with E-state index in [0.717, 1.165) is 36.9 Å². The second kappa shape index (κ2) is 4.35. The normalized spacial score (nSPS) is 20.5. The first-order valence-electron chi connectivity index (χ1n) is 6.65. The molecular weight excluding hydrogens is 226 g/mol. The molecule has 0 aliphatic heterocycles. The molecule has 96 valence electrons. The van der Waals surface area contributed by atoms with Gasteiger partial charge in [-0.05, 0) is 44.4 Å². The van der Waals surface area contributed by atoms with Gasteiger partial charge in [0.05, 0.1) is 11.2 Å². The Kier molecular flexibility index (Phi) is 2.82. The summed E-state index contributed by atoms with van der Waals surface area (Å²) in [5.41, 5.74) is 2.30. The lowest BCUT2D eigenvalue weighted by molar-refractivity contribution is -0.122. The van der Waals surface area contributed by atoms with Crippen molar-refractivity contribution in [2.45, 2.75) is 37.8 Å². The zero-order valence-corrected chi connectivity index (χ0v) is 10.7. The zero-order valence-electron chi connectivity index (χ0n) is 10.7. The molecule has 1 aromatic heterocycles. The first kappa shape index (κ1) is 11.7. The van der Waals surface area contributed by atoms with E-state index in [1.807, 2.05) is 13.2 Å². The molecule has 4 heteroatoms. The summed E-state index contributed by atoms with van der Waals surface area (Å²) in [7, 11) is 1.98. The van der Waals surface area contributed by atoms with E-state index in [4.69, 9.17) is 0 Å². The number of hydrogen-bond donors (Lipinski definition) is 2. The summed E-state index contributed by atoms with van der Waals surface area (Å²) in [6.07, 6.45) is 6.30. The number of hydrogen-bond acceptors (Lipinski definition) is 3. The Morgan fingerprint density at radius 3 is 2.72 bits per heavy atom. The van der Waals surface area contributed by atoms with Gasteiger partial charge < -0.3 is 10.6 Å². The minimum Gasteiger partial charge on any atom is -0.352 e. The number of carbonyl (C=O) groups excluding carboxylic acids is 1. The van der Waals surface area contributed by atoms with Crippen LogP contribution < -0.4 is 10.6 Å². The summed E-state index contributed by atoms with van der Waals surface area (Å²) in [5.74, 6) is 0.462. The maximum Gasteiger partial charge on any atom is 0.223 e. The van der Waals surface area contributed by atoms with Crippen LogP contribution in [0, 0.1) is 5.92 Å². The summed E-state index contributed by atoms with van der Waals surface area (Å²) in [5, 5.41) is 6.28. The molecule has 0 radical (unpaired) electrons. The van der Waals surface area contributed by atoms with Crippen molar-refractivity contribution in [1.29, 1.82) is 0 Å². The van der Waals surface area contributed by atoms with Crippen molar-refractivity contribution in [2.75, 3.05) is 7.05 Å². The number of carbonyl (C=O) groups is 1. The van der Waals surface area contributed by atoms with Gasteiger partial charge in [-0.25, -0.2) is 0 Å². The van der Waals surface area contributed by atoms with E-state index in [1.54, 1.807) is 0 Å². The predicted octanol–water partition coefficient (Wildman–Crippen LogP) is 1.32. The van der Waals surface area contributed by atoms with Gasteiger partial charge in [-0.2, -0.15) is 0 Å². The van der Waals surface area contributed by atoms with Gasteiger partial charge in [0.2, 0.25) is 5.91 Å². The van der Waals surface area contributed by atoms with E-state index in [0.29, 0.717) is 6.54 Å². The fourth-order valence-corrected chi connectivity index (χ4v) is 2.25. The van der Waals surface area contributed by atoms with Crippen molar-refractivity contribution in [3.05, 3.63) is 29.6 Å². The fraction of sp³-hybridized carbons (Fsp3) is 0.571. The summed E-state index contributed by atoms with van der Waals surface area (Å²) < 4.78 is 0. The minimum atomic E-state index is 0.121. The third kappa shape index (κ3) is 2.25. The molecule has 1 aromatic rings. The lowest BCUT2D eigenvalue weighted by Crippen LogP contribution is -2.26. The van der Waals surface area contributed by atoms with Crippen LogP contribution in [0.5, 0.6) is 0 Å². The molecule has 3 rings (SSSR count). The fourth-order valence-electron chi connectivity index (χ4n) is 2.25. The molecule has 0 saturated heterocycles. The quantitative estimate of drug-likeness (QED) is 0.822. The molecule has 2 aliphatic rings. The average molecular weight is 245 g/mol. The lowest BCUT2D eigenvalue weighted by atomic mass is 10.1. The number of rotatable bonds is 5. The van der Waals surface area contributed by atoms with Crippen molar-refractivity contribution in [3.63, 3.8) is 0 Å². The van der Waals surface area contributed by atoms with Crippen molar-refractivity contribution in [3.8, 4) is 0 Å². The first-order valence-corrected chi connectivity index (χ1v) is 6.65. The standard InChI is InChI=1S/C14H19N3O/c1-15-14(6-7-14)12-5-2-10(8-16-12)9-17-13(18)11-3-4-11/h2,5,8,11,15H,3-4,6-7,9H2,1H3,(H,17,18). The predicted molar refractivity (Wildman–Crippen MR) is 68.8 cm³/mol. The van der Waals surface area contributed by atoms with E-state index in [-0.39, 0.29) is 17.4 Å². The van der Waals surface area contributed by atoms with Crippen molar-refractivity contribution < 1.29 is 4.79 Å². The molecule has 0 atom stereocenters. The topological polar surface area (TPSA) is 54.0 Å². The third-order valence-corrected chi connectivity index (χ3v) is 3.96. The molecule has 1 amide bonds. The first-order chi connectivity index (χ1) is 8.73. The molecule has 18 heavy (non-hydrogen) atoms. The highest BCUT2D eigenvalue weighted by Gasteiger charge is 2.43. The Labute approximate surface area is 107 Å². The summed E-state index contributed by atoms with van der Waals surface area (Å²) in [4.78, 5) is 16.0. The Bertz CT molecular complexity index is 447. The molecule has 2 N–H and O–H groups in total. The van der Waals surface area contributed by atoms with Crippen molar-refractivity contribution in [1.82, 2.24) is 15.6 Å². The SMILES string of the molecule is CNC1(c2ccc(CNC(=O)C3CC3)cn2)CC1. The third-order valence-electron chi connectivity index (χ3n) is 3.96. The number of nitrogens with zero attached hydrogens (tertiary/aromatic N) is 1. The number of amides is 1. The Balaban J connectivity index is 1.59. The summed E-state index contributed by atoms with van der Waals surface area (Å²) in [6, 6.07) is 4.13. The highest BCUT2D eigenvalue weighted by Crippen LogP contribution is 2.43. The maximum absolute atomic E-state index is 11.5. The molecule has 0 aromatic carbocycles. The maximum atomic E-state index is 11.5. The monoisotopic (exact) mass is 245 g/mol. The van der Waals surface area contributed by atoms with Crippen molar-refractivity contribution >= 4 is 5.91 Å².